The second-order valence-electron chi connectivity index (χ2n) is 1.25. The zero-order chi connectivity index (χ0) is 4.83. The average Bonchev–Trinajstić information content (AvgIpc) is 1.61. The van der Waals surface area contributed by atoms with Crippen molar-refractivity contribution in [1.82, 2.24) is 0 Å². The summed E-state index contributed by atoms with van der Waals surface area (Å²) in [5.41, 5.74) is 0. The van der Waals surface area contributed by atoms with Crippen molar-refractivity contribution in [1.29, 1.82) is 0 Å². The smallest absolute Gasteiger partial charge is 0.542 e. The molecule has 0 aromatic rings. The molecular formula is C5H9NaO. The number of hydrogen-bond acceptors (Lipinski definition) is 1. The summed E-state index contributed by atoms with van der Waals surface area (Å²) in [5.74, 6) is 0. The normalized spacial score (nSPS) is 7.00. The van der Waals surface area contributed by atoms with E-state index in [1.54, 1.807) is 0 Å². The molecule has 2 heteroatoms. The van der Waals surface area contributed by atoms with Gasteiger partial charge in [-0.2, -0.15) is 6.42 Å². The summed E-state index contributed by atoms with van der Waals surface area (Å²) in [6, 6.07) is 0. The number of rotatable bonds is 3. The molecule has 0 amide bonds. The molecule has 0 radical (unpaired) electrons. The summed E-state index contributed by atoms with van der Waals surface area (Å²) in [6.45, 7) is 2.05. The van der Waals surface area contributed by atoms with E-state index in [9.17, 15) is 4.79 Å². The van der Waals surface area contributed by atoms with Crippen LogP contribution in [0.5, 0.6) is 0 Å². The molecule has 0 rings (SSSR count). The Morgan fingerprint density at radius 1 is 1.57 bits per heavy atom. The van der Waals surface area contributed by atoms with Crippen LogP contribution in [0.2, 0.25) is 0 Å². The van der Waals surface area contributed by atoms with Gasteiger partial charge in [-0.1, -0.05) is 19.8 Å². The summed E-state index contributed by atoms with van der Waals surface area (Å²) >= 11 is 0. The van der Waals surface area contributed by atoms with Crippen LogP contribution in [0.1, 0.15) is 26.2 Å². The molecule has 0 heterocycles. The van der Waals surface area contributed by atoms with E-state index in [2.05, 4.69) is 6.92 Å². The first kappa shape index (κ1) is 10.6. The molecule has 0 aliphatic heterocycles. The third kappa shape index (κ3) is 10.8. The van der Waals surface area contributed by atoms with E-state index in [0.717, 1.165) is 12.8 Å². The van der Waals surface area contributed by atoms with Gasteiger partial charge in [0, 0.05) is 0 Å². The minimum Gasteiger partial charge on any atom is -0.542 e. The van der Waals surface area contributed by atoms with Crippen LogP contribution < -0.4 is 29.6 Å². The average molecular weight is 108 g/mol. The summed E-state index contributed by atoms with van der Waals surface area (Å²) in [6.07, 6.45) is 4.51. The van der Waals surface area contributed by atoms with E-state index in [1.807, 2.05) is 6.29 Å². The Morgan fingerprint density at radius 3 is 2.29 bits per heavy atom. The van der Waals surface area contributed by atoms with Crippen LogP contribution in [0, 0.1) is 0 Å². The van der Waals surface area contributed by atoms with Crippen molar-refractivity contribution in [3.8, 4) is 0 Å². The van der Waals surface area contributed by atoms with Gasteiger partial charge < -0.3 is 4.79 Å². The third-order valence-corrected chi connectivity index (χ3v) is 0.632. The molecule has 0 N–H and O–H groups in total. The van der Waals surface area contributed by atoms with E-state index in [0.29, 0.717) is 6.42 Å². The quantitative estimate of drug-likeness (QED) is 0.239. The van der Waals surface area contributed by atoms with Gasteiger partial charge in [0.25, 0.3) is 0 Å². The van der Waals surface area contributed by atoms with Gasteiger partial charge in [0.05, 0.1) is 0 Å². The van der Waals surface area contributed by atoms with Crippen molar-refractivity contribution < 1.29 is 34.4 Å². The Morgan fingerprint density at radius 2 is 2.14 bits per heavy atom. The topological polar surface area (TPSA) is 17.1 Å². The summed E-state index contributed by atoms with van der Waals surface area (Å²) < 4.78 is 0. The molecule has 0 unspecified atom stereocenters. The van der Waals surface area contributed by atoms with Gasteiger partial charge in [0.1, 0.15) is 0 Å². The molecule has 0 saturated carbocycles. The molecule has 0 atom stereocenters. The molecule has 0 aliphatic carbocycles. The van der Waals surface area contributed by atoms with Gasteiger partial charge in [-0.05, 0) is 0 Å². The number of carbonyl (C=O) groups excluding carboxylic acids is 1. The molecule has 0 saturated heterocycles. The second kappa shape index (κ2) is 9.83. The van der Waals surface area contributed by atoms with E-state index in [4.69, 9.17) is 0 Å². The van der Waals surface area contributed by atoms with Crippen molar-refractivity contribution in [3.63, 3.8) is 0 Å². The zero-order valence-electron chi connectivity index (χ0n) is 5.03. The van der Waals surface area contributed by atoms with Gasteiger partial charge >= 0.3 is 29.6 Å². The summed E-state index contributed by atoms with van der Waals surface area (Å²) in [5, 5.41) is 0. The molecule has 0 fully saturated rings. The molecular weight excluding hydrogens is 99.0 g/mol. The molecule has 0 aromatic carbocycles. The molecule has 7 heavy (non-hydrogen) atoms. The summed E-state index contributed by atoms with van der Waals surface area (Å²) in [7, 11) is 0. The van der Waals surface area contributed by atoms with Gasteiger partial charge in [-0.3, -0.25) is 6.29 Å². The first-order valence-corrected chi connectivity index (χ1v) is 2.26. The number of unbranched alkanes of at least 4 members (excludes halogenated alkanes) is 2. The SMILES string of the molecule is CCCC[C-]=O.[Na+]. The first-order chi connectivity index (χ1) is 2.91. The maximum absolute atomic E-state index is 9.44. The van der Waals surface area contributed by atoms with Crippen LogP contribution in [0.15, 0.2) is 0 Å². The van der Waals surface area contributed by atoms with Crippen LogP contribution in [0.3, 0.4) is 0 Å². The zero-order valence-corrected chi connectivity index (χ0v) is 7.03. The maximum Gasteiger partial charge on any atom is 1.00 e. The molecule has 1 nitrogen and oxygen atoms in total. The Hall–Kier alpha value is 0.670. The fourth-order valence-electron chi connectivity index (χ4n) is 0.249. The van der Waals surface area contributed by atoms with Gasteiger partial charge in [-0.15, -0.1) is 0 Å². The fourth-order valence-corrected chi connectivity index (χ4v) is 0.249. The van der Waals surface area contributed by atoms with Gasteiger partial charge in [0.2, 0.25) is 0 Å². The van der Waals surface area contributed by atoms with Crippen molar-refractivity contribution in [2.45, 2.75) is 26.2 Å². The van der Waals surface area contributed by atoms with Crippen molar-refractivity contribution in [2.24, 2.45) is 0 Å². The van der Waals surface area contributed by atoms with Crippen LogP contribution in [0.25, 0.3) is 0 Å². The van der Waals surface area contributed by atoms with Crippen molar-refractivity contribution in [3.05, 3.63) is 0 Å². The minimum atomic E-state index is 0. The maximum atomic E-state index is 9.44. The monoisotopic (exact) mass is 108 g/mol. The fraction of sp³-hybridized carbons (Fsp3) is 0.800. The molecule has 0 bridgehead atoms. The molecule has 36 valence electrons. The first-order valence-electron chi connectivity index (χ1n) is 2.26. The minimum absolute atomic E-state index is 0. The largest absolute Gasteiger partial charge is 1.00 e. The number of hydrogen-bond donors (Lipinski definition) is 0. The predicted molar refractivity (Wildman–Crippen MR) is 25.2 cm³/mol. The molecule has 0 aromatic heterocycles. The van der Waals surface area contributed by atoms with Crippen molar-refractivity contribution >= 4 is 6.29 Å². The van der Waals surface area contributed by atoms with E-state index >= 15 is 0 Å². The Labute approximate surface area is 66.8 Å². The van der Waals surface area contributed by atoms with Crippen LogP contribution in [0.4, 0.5) is 0 Å². The van der Waals surface area contributed by atoms with Gasteiger partial charge in [0.15, 0.2) is 0 Å². The van der Waals surface area contributed by atoms with Crippen molar-refractivity contribution in [2.75, 3.05) is 0 Å². The van der Waals surface area contributed by atoms with E-state index < -0.39 is 0 Å². The van der Waals surface area contributed by atoms with E-state index in [-0.39, 0.29) is 29.6 Å². The Bertz CT molecular complexity index is 37.1. The Balaban J connectivity index is 0. The second-order valence-corrected chi connectivity index (χ2v) is 1.25. The predicted octanol–water partition coefficient (Wildman–Crippen LogP) is -1.71. The van der Waals surface area contributed by atoms with Crippen LogP contribution in [-0.4, -0.2) is 6.29 Å². The van der Waals surface area contributed by atoms with Crippen LogP contribution in [-0.2, 0) is 4.79 Å². The van der Waals surface area contributed by atoms with Crippen LogP contribution >= 0.6 is 0 Å². The Kier molecular flexibility index (Phi) is 14.9. The third-order valence-electron chi connectivity index (χ3n) is 0.632. The molecule has 0 spiro atoms. The standard InChI is InChI=1S/C5H9O.Na/c1-2-3-4-5-6;/h2-4H2,1H3;/q-1;+1. The van der Waals surface area contributed by atoms with E-state index in [1.165, 1.54) is 0 Å². The molecule has 0 aliphatic rings. The van der Waals surface area contributed by atoms with Gasteiger partial charge in [-0.25, -0.2) is 0 Å². The summed E-state index contributed by atoms with van der Waals surface area (Å²) in [4.78, 5) is 9.44.